The standard InChI is InChI=1S/C29H35N3O7S/c1-22(2)17-18-30(40(38,39)26-15-13-25(14-16-26)32(36)37)21-28(33)27(19-23-9-5-3-6-10-23)31(29(34)35)20-24-11-7-4-8-12-24/h3-16,22,27-28,33H,17-21H2,1-2H3,(H,34,35)/t27?,28-/m1/s1. The monoisotopic (exact) mass is 569 g/mol. The van der Waals surface area contributed by atoms with Gasteiger partial charge in [0.15, 0.2) is 0 Å². The number of hydrogen-bond acceptors (Lipinski definition) is 6. The van der Waals surface area contributed by atoms with E-state index in [-0.39, 0.29) is 42.6 Å². The molecule has 0 aliphatic rings. The smallest absolute Gasteiger partial charge is 0.407 e. The van der Waals surface area contributed by atoms with Gasteiger partial charge in [0.25, 0.3) is 5.69 Å². The first-order valence-electron chi connectivity index (χ1n) is 13.0. The molecule has 0 fully saturated rings. The molecule has 0 heterocycles. The van der Waals surface area contributed by atoms with Gasteiger partial charge in [-0.05, 0) is 42.0 Å². The van der Waals surface area contributed by atoms with Crippen LogP contribution in [-0.4, -0.2) is 64.1 Å². The van der Waals surface area contributed by atoms with Gasteiger partial charge in [0.1, 0.15) is 0 Å². The second kappa shape index (κ2) is 14.0. The third-order valence-corrected chi connectivity index (χ3v) is 8.48. The van der Waals surface area contributed by atoms with Crippen LogP contribution in [0.1, 0.15) is 31.4 Å². The van der Waals surface area contributed by atoms with Gasteiger partial charge in [0.05, 0.1) is 22.0 Å². The summed E-state index contributed by atoms with van der Waals surface area (Å²) in [6, 6.07) is 21.7. The molecule has 3 aromatic carbocycles. The molecule has 214 valence electrons. The number of sulfonamides is 1. The summed E-state index contributed by atoms with van der Waals surface area (Å²) < 4.78 is 28.4. The van der Waals surface area contributed by atoms with Crippen molar-refractivity contribution in [2.45, 2.75) is 50.3 Å². The van der Waals surface area contributed by atoms with Crippen molar-refractivity contribution in [1.29, 1.82) is 0 Å². The Labute approximate surface area is 234 Å². The molecule has 0 saturated carbocycles. The van der Waals surface area contributed by atoms with E-state index in [0.29, 0.717) is 6.42 Å². The Morgan fingerprint density at radius 1 is 0.925 bits per heavy atom. The van der Waals surface area contributed by atoms with Crippen LogP contribution >= 0.6 is 0 Å². The number of aliphatic hydroxyl groups is 1. The summed E-state index contributed by atoms with van der Waals surface area (Å²) in [6.07, 6.45) is -1.96. The molecule has 3 aromatic rings. The molecule has 11 heteroatoms. The normalized spacial score (nSPS) is 13.2. The van der Waals surface area contributed by atoms with Crippen LogP contribution in [0.15, 0.2) is 89.8 Å². The number of carboxylic acid groups (broad SMARTS) is 1. The summed E-state index contributed by atoms with van der Waals surface area (Å²) in [7, 11) is -4.16. The average Bonchev–Trinajstić information content (AvgIpc) is 2.93. The van der Waals surface area contributed by atoms with Gasteiger partial charge in [-0.1, -0.05) is 74.5 Å². The minimum Gasteiger partial charge on any atom is -0.465 e. The number of hydrogen-bond donors (Lipinski definition) is 2. The van der Waals surface area contributed by atoms with Gasteiger partial charge in [0, 0.05) is 31.8 Å². The predicted octanol–water partition coefficient (Wildman–Crippen LogP) is 4.78. The second-order valence-electron chi connectivity index (χ2n) is 10.0. The van der Waals surface area contributed by atoms with Crippen LogP contribution in [0.4, 0.5) is 10.5 Å². The van der Waals surface area contributed by atoms with Crippen molar-refractivity contribution in [3.8, 4) is 0 Å². The molecule has 0 radical (unpaired) electrons. The Hall–Kier alpha value is -3.80. The van der Waals surface area contributed by atoms with Gasteiger partial charge in [-0.15, -0.1) is 0 Å². The number of aliphatic hydroxyl groups excluding tert-OH is 1. The maximum atomic E-state index is 13.7. The van der Waals surface area contributed by atoms with E-state index < -0.39 is 33.2 Å². The van der Waals surface area contributed by atoms with Gasteiger partial charge in [0.2, 0.25) is 10.0 Å². The van der Waals surface area contributed by atoms with Crippen molar-refractivity contribution in [3.63, 3.8) is 0 Å². The molecule has 10 nitrogen and oxygen atoms in total. The van der Waals surface area contributed by atoms with Crippen molar-refractivity contribution in [2.24, 2.45) is 5.92 Å². The summed E-state index contributed by atoms with van der Waals surface area (Å²) in [5, 5.41) is 32.8. The molecule has 1 amide bonds. The van der Waals surface area contributed by atoms with Crippen LogP contribution in [-0.2, 0) is 23.0 Å². The lowest BCUT2D eigenvalue weighted by molar-refractivity contribution is -0.384. The predicted molar refractivity (Wildman–Crippen MR) is 151 cm³/mol. The van der Waals surface area contributed by atoms with E-state index in [9.17, 15) is 33.5 Å². The lowest BCUT2D eigenvalue weighted by atomic mass is 9.99. The molecule has 2 N–H and O–H groups in total. The van der Waals surface area contributed by atoms with Crippen LogP contribution in [0.2, 0.25) is 0 Å². The highest BCUT2D eigenvalue weighted by atomic mass is 32.2. The molecule has 40 heavy (non-hydrogen) atoms. The highest BCUT2D eigenvalue weighted by Gasteiger charge is 2.35. The maximum absolute atomic E-state index is 13.7. The van der Waals surface area contributed by atoms with Crippen LogP contribution in [0.25, 0.3) is 0 Å². The summed E-state index contributed by atoms with van der Waals surface area (Å²) >= 11 is 0. The Balaban J connectivity index is 1.97. The lowest BCUT2D eigenvalue weighted by Crippen LogP contribution is -2.52. The summed E-state index contributed by atoms with van der Waals surface area (Å²) in [5.74, 6) is 0.153. The largest absolute Gasteiger partial charge is 0.465 e. The minimum atomic E-state index is -4.16. The number of benzene rings is 3. The first kappa shape index (κ1) is 30.7. The SMILES string of the molecule is CC(C)CCN(C[C@@H](O)C(Cc1ccccc1)N(Cc1ccccc1)C(=O)O)S(=O)(=O)c1ccc([N+](=O)[O-])cc1. The fourth-order valence-electron chi connectivity index (χ4n) is 4.35. The highest BCUT2D eigenvalue weighted by Crippen LogP contribution is 2.23. The van der Waals surface area contributed by atoms with E-state index in [2.05, 4.69) is 0 Å². The molecule has 0 aliphatic heterocycles. The molecule has 2 atom stereocenters. The van der Waals surface area contributed by atoms with E-state index in [4.69, 9.17) is 0 Å². The molecule has 1 unspecified atom stereocenters. The topological polar surface area (TPSA) is 141 Å². The van der Waals surface area contributed by atoms with Crippen molar-refractivity contribution in [3.05, 3.63) is 106 Å². The molecular formula is C29H35N3O7S. The Bertz CT molecular complexity index is 1350. The van der Waals surface area contributed by atoms with Crippen molar-refractivity contribution in [1.82, 2.24) is 9.21 Å². The van der Waals surface area contributed by atoms with Crippen LogP contribution in [0, 0.1) is 16.0 Å². The van der Waals surface area contributed by atoms with Gasteiger partial charge in [-0.2, -0.15) is 4.31 Å². The fourth-order valence-corrected chi connectivity index (χ4v) is 5.82. The highest BCUT2D eigenvalue weighted by molar-refractivity contribution is 7.89. The third-order valence-electron chi connectivity index (χ3n) is 6.61. The van der Waals surface area contributed by atoms with Crippen molar-refractivity contribution >= 4 is 21.8 Å². The first-order valence-corrected chi connectivity index (χ1v) is 14.4. The average molecular weight is 570 g/mol. The minimum absolute atomic E-state index is 0.00578. The lowest BCUT2D eigenvalue weighted by Gasteiger charge is -2.35. The van der Waals surface area contributed by atoms with Gasteiger partial charge in [-0.25, -0.2) is 13.2 Å². The number of amides is 1. The van der Waals surface area contributed by atoms with Crippen LogP contribution < -0.4 is 0 Å². The summed E-state index contributed by atoms with van der Waals surface area (Å²) in [5.41, 5.74) is 1.27. The number of nitro groups is 1. The zero-order valence-corrected chi connectivity index (χ0v) is 23.4. The van der Waals surface area contributed by atoms with Gasteiger partial charge >= 0.3 is 6.09 Å². The molecular weight excluding hydrogens is 534 g/mol. The summed E-state index contributed by atoms with van der Waals surface area (Å²) in [6.45, 7) is 3.61. The molecule has 0 aliphatic carbocycles. The van der Waals surface area contributed by atoms with Gasteiger partial charge in [-0.3, -0.25) is 15.0 Å². The van der Waals surface area contributed by atoms with Crippen LogP contribution in [0.3, 0.4) is 0 Å². The first-order chi connectivity index (χ1) is 19.0. The number of nitro benzene ring substituents is 1. The maximum Gasteiger partial charge on any atom is 0.407 e. The van der Waals surface area contributed by atoms with E-state index >= 15 is 0 Å². The molecule has 0 spiro atoms. The molecule has 0 saturated heterocycles. The zero-order chi connectivity index (χ0) is 29.3. The quantitative estimate of drug-likeness (QED) is 0.210. The Morgan fingerprint density at radius 3 is 1.98 bits per heavy atom. The molecule has 3 rings (SSSR count). The van der Waals surface area contributed by atoms with E-state index in [1.54, 1.807) is 24.3 Å². The van der Waals surface area contributed by atoms with E-state index in [1.165, 1.54) is 12.1 Å². The number of nitrogens with zero attached hydrogens (tertiary/aromatic N) is 3. The Morgan fingerprint density at radius 2 is 1.48 bits per heavy atom. The number of carbonyl (C=O) groups is 1. The Kier molecular flexibility index (Phi) is 10.8. The third kappa shape index (κ3) is 8.35. The second-order valence-corrected chi connectivity index (χ2v) is 12.0. The molecule has 0 aromatic heterocycles. The fraction of sp³-hybridized carbons (Fsp3) is 0.345. The molecule has 0 bridgehead atoms. The van der Waals surface area contributed by atoms with Crippen molar-refractivity contribution < 1.29 is 28.3 Å². The van der Waals surface area contributed by atoms with Crippen LogP contribution in [0.5, 0.6) is 0 Å². The van der Waals surface area contributed by atoms with E-state index in [1.807, 2.05) is 50.2 Å². The van der Waals surface area contributed by atoms with Gasteiger partial charge < -0.3 is 10.2 Å². The number of non-ortho nitro benzene ring substituents is 1. The van der Waals surface area contributed by atoms with Crippen molar-refractivity contribution in [2.75, 3.05) is 13.1 Å². The summed E-state index contributed by atoms with van der Waals surface area (Å²) in [4.78, 5) is 23.9. The zero-order valence-electron chi connectivity index (χ0n) is 22.5. The number of rotatable bonds is 14. The van der Waals surface area contributed by atoms with E-state index in [0.717, 1.165) is 32.5 Å².